The van der Waals surface area contributed by atoms with E-state index < -0.39 is 0 Å². The summed E-state index contributed by atoms with van der Waals surface area (Å²) in [6.07, 6.45) is 2.47. The standard InChI is InChI=1S/C10H19NO2/c1-9(2)10-3-5-11(6-4-10)7-13-8-12/h8-10H,3-7H2,1-2H3. The maximum absolute atomic E-state index is 9.97. The van der Waals surface area contributed by atoms with E-state index in [-0.39, 0.29) is 0 Å². The van der Waals surface area contributed by atoms with Crippen LogP contribution < -0.4 is 0 Å². The van der Waals surface area contributed by atoms with Crippen LogP contribution in [0.3, 0.4) is 0 Å². The van der Waals surface area contributed by atoms with E-state index in [0.29, 0.717) is 13.2 Å². The Balaban J connectivity index is 2.18. The zero-order chi connectivity index (χ0) is 9.68. The molecule has 3 heteroatoms. The summed E-state index contributed by atoms with van der Waals surface area (Å²) >= 11 is 0. The molecular weight excluding hydrogens is 166 g/mol. The minimum absolute atomic E-state index is 0.467. The van der Waals surface area contributed by atoms with Crippen LogP contribution in [-0.4, -0.2) is 31.2 Å². The van der Waals surface area contributed by atoms with Crippen molar-refractivity contribution in [3.8, 4) is 0 Å². The number of rotatable bonds is 4. The number of piperidine rings is 1. The molecule has 3 nitrogen and oxygen atoms in total. The highest BCUT2D eigenvalue weighted by Crippen LogP contribution is 2.23. The minimum Gasteiger partial charge on any atom is -0.452 e. The van der Waals surface area contributed by atoms with Crippen molar-refractivity contribution in [2.45, 2.75) is 26.7 Å². The van der Waals surface area contributed by atoms with E-state index in [9.17, 15) is 4.79 Å². The third-order valence-electron chi connectivity index (χ3n) is 2.90. The second-order valence-electron chi connectivity index (χ2n) is 4.09. The van der Waals surface area contributed by atoms with Crippen molar-refractivity contribution >= 4 is 6.47 Å². The normalized spacial score (nSPS) is 20.5. The number of carbonyl (C=O) groups is 1. The first-order valence-corrected chi connectivity index (χ1v) is 5.01. The van der Waals surface area contributed by atoms with Crippen molar-refractivity contribution in [2.75, 3.05) is 19.8 Å². The fraction of sp³-hybridized carbons (Fsp3) is 0.900. The molecule has 0 aromatic carbocycles. The van der Waals surface area contributed by atoms with E-state index in [1.165, 1.54) is 12.8 Å². The molecule has 0 bridgehead atoms. The maximum atomic E-state index is 9.97. The molecule has 0 spiro atoms. The van der Waals surface area contributed by atoms with Crippen LogP contribution in [0.1, 0.15) is 26.7 Å². The number of carbonyl (C=O) groups excluding carboxylic acids is 1. The Morgan fingerprint density at radius 3 is 2.54 bits per heavy atom. The quantitative estimate of drug-likeness (QED) is 0.621. The third kappa shape index (κ3) is 3.35. The van der Waals surface area contributed by atoms with Gasteiger partial charge in [-0.05, 0) is 24.7 Å². The summed E-state index contributed by atoms with van der Waals surface area (Å²) in [7, 11) is 0. The Morgan fingerprint density at radius 1 is 1.46 bits per heavy atom. The number of hydrogen-bond acceptors (Lipinski definition) is 3. The number of nitrogens with zero attached hydrogens (tertiary/aromatic N) is 1. The van der Waals surface area contributed by atoms with Crippen LogP contribution in [0.4, 0.5) is 0 Å². The Morgan fingerprint density at radius 2 is 2.08 bits per heavy atom. The van der Waals surface area contributed by atoms with Crippen LogP contribution in [-0.2, 0) is 9.53 Å². The van der Waals surface area contributed by atoms with Gasteiger partial charge < -0.3 is 4.74 Å². The van der Waals surface area contributed by atoms with Crippen molar-refractivity contribution in [1.82, 2.24) is 4.90 Å². The highest BCUT2D eigenvalue weighted by Gasteiger charge is 2.21. The summed E-state index contributed by atoms with van der Waals surface area (Å²) < 4.78 is 4.71. The third-order valence-corrected chi connectivity index (χ3v) is 2.90. The molecule has 0 aromatic heterocycles. The molecule has 13 heavy (non-hydrogen) atoms. The first-order valence-electron chi connectivity index (χ1n) is 5.01. The number of ether oxygens (including phenoxy) is 1. The van der Waals surface area contributed by atoms with Gasteiger partial charge in [0.15, 0.2) is 0 Å². The Hall–Kier alpha value is -0.570. The predicted octanol–water partition coefficient (Wildman–Crippen LogP) is 1.48. The molecule has 0 unspecified atom stereocenters. The zero-order valence-electron chi connectivity index (χ0n) is 8.53. The molecule has 0 amide bonds. The lowest BCUT2D eigenvalue weighted by atomic mass is 9.87. The summed E-state index contributed by atoms with van der Waals surface area (Å²) in [5, 5.41) is 0. The molecular formula is C10H19NO2. The highest BCUT2D eigenvalue weighted by molar-refractivity contribution is 5.36. The summed E-state index contributed by atoms with van der Waals surface area (Å²) in [5.74, 6) is 1.64. The molecule has 1 rings (SSSR count). The fourth-order valence-electron chi connectivity index (χ4n) is 1.88. The first-order chi connectivity index (χ1) is 6.24. The largest absolute Gasteiger partial charge is 0.452 e. The van der Waals surface area contributed by atoms with E-state index in [1.54, 1.807) is 0 Å². The molecule has 0 saturated carbocycles. The number of likely N-dealkylation sites (tertiary alicyclic amines) is 1. The van der Waals surface area contributed by atoms with Crippen LogP contribution in [0, 0.1) is 11.8 Å². The molecule has 1 fully saturated rings. The van der Waals surface area contributed by atoms with E-state index in [2.05, 4.69) is 18.7 Å². The average Bonchev–Trinajstić information content (AvgIpc) is 2.15. The zero-order valence-corrected chi connectivity index (χ0v) is 8.53. The van der Waals surface area contributed by atoms with E-state index >= 15 is 0 Å². The van der Waals surface area contributed by atoms with Gasteiger partial charge in [-0.15, -0.1) is 0 Å². The fourth-order valence-corrected chi connectivity index (χ4v) is 1.88. The van der Waals surface area contributed by atoms with Gasteiger partial charge in [0.1, 0.15) is 6.73 Å². The lowest BCUT2D eigenvalue weighted by molar-refractivity contribution is -0.133. The van der Waals surface area contributed by atoms with Crippen LogP contribution in [0.25, 0.3) is 0 Å². The molecule has 0 N–H and O–H groups in total. The summed E-state index contributed by atoms with van der Waals surface area (Å²) in [6.45, 7) is 7.68. The van der Waals surface area contributed by atoms with Gasteiger partial charge in [0.05, 0.1) is 0 Å². The molecule has 76 valence electrons. The molecule has 1 heterocycles. The average molecular weight is 185 g/mol. The monoisotopic (exact) mass is 185 g/mol. The van der Waals surface area contributed by atoms with Crippen molar-refractivity contribution < 1.29 is 9.53 Å². The van der Waals surface area contributed by atoms with Crippen molar-refractivity contribution in [2.24, 2.45) is 11.8 Å². The Labute approximate surface area is 80.1 Å². The predicted molar refractivity (Wildman–Crippen MR) is 51.2 cm³/mol. The lowest BCUT2D eigenvalue weighted by Gasteiger charge is -2.32. The SMILES string of the molecule is CC(C)C1CCN(COC=O)CC1. The molecule has 1 aliphatic heterocycles. The second-order valence-corrected chi connectivity index (χ2v) is 4.09. The van der Waals surface area contributed by atoms with Gasteiger partial charge >= 0.3 is 0 Å². The first kappa shape index (κ1) is 10.5. The van der Waals surface area contributed by atoms with Crippen LogP contribution in [0.15, 0.2) is 0 Å². The van der Waals surface area contributed by atoms with Gasteiger partial charge in [-0.25, -0.2) is 0 Å². The minimum atomic E-state index is 0.467. The molecule has 1 saturated heterocycles. The second kappa shape index (κ2) is 5.22. The Kier molecular flexibility index (Phi) is 4.22. The Bertz CT molecular complexity index is 151. The summed E-state index contributed by atoms with van der Waals surface area (Å²) in [6, 6.07) is 0. The molecule has 0 atom stereocenters. The van der Waals surface area contributed by atoms with Gasteiger partial charge in [0.2, 0.25) is 0 Å². The summed E-state index contributed by atoms with van der Waals surface area (Å²) in [4.78, 5) is 12.2. The van der Waals surface area contributed by atoms with Gasteiger partial charge in [0.25, 0.3) is 6.47 Å². The molecule has 0 radical (unpaired) electrons. The van der Waals surface area contributed by atoms with Crippen LogP contribution >= 0.6 is 0 Å². The summed E-state index contributed by atoms with van der Waals surface area (Å²) in [5.41, 5.74) is 0. The van der Waals surface area contributed by atoms with Gasteiger partial charge in [-0.2, -0.15) is 0 Å². The van der Waals surface area contributed by atoms with Crippen molar-refractivity contribution in [3.63, 3.8) is 0 Å². The smallest absolute Gasteiger partial charge is 0.294 e. The molecule has 0 aromatic rings. The van der Waals surface area contributed by atoms with E-state index in [0.717, 1.165) is 24.9 Å². The van der Waals surface area contributed by atoms with Gasteiger partial charge in [-0.3, -0.25) is 9.69 Å². The molecule has 1 aliphatic rings. The van der Waals surface area contributed by atoms with Crippen LogP contribution in [0.5, 0.6) is 0 Å². The van der Waals surface area contributed by atoms with Gasteiger partial charge in [0, 0.05) is 13.1 Å². The van der Waals surface area contributed by atoms with Crippen molar-refractivity contribution in [3.05, 3.63) is 0 Å². The van der Waals surface area contributed by atoms with Crippen LogP contribution in [0.2, 0.25) is 0 Å². The van der Waals surface area contributed by atoms with Gasteiger partial charge in [-0.1, -0.05) is 13.8 Å². The van der Waals surface area contributed by atoms with E-state index in [1.807, 2.05) is 0 Å². The maximum Gasteiger partial charge on any atom is 0.294 e. The lowest BCUT2D eigenvalue weighted by Crippen LogP contribution is -2.36. The number of hydrogen-bond donors (Lipinski definition) is 0. The molecule has 0 aliphatic carbocycles. The van der Waals surface area contributed by atoms with E-state index in [4.69, 9.17) is 4.74 Å². The topological polar surface area (TPSA) is 29.5 Å². The van der Waals surface area contributed by atoms with Crippen molar-refractivity contribution in [1.29, 1.82) is 0 Å². The highest BCUT2D eigenvalue weighted by atomic mass is 16.5.